The Hall–Kier alpha value is -0.340. The first-order valence-electron chi connectivity index (χ1n) is 4.55. The lowest BCUT2D eigenvalue weighted by atomic mass is 9.97. The van der Waals surface area contributed by atoms with Gasteiger partial charge in [-0.1, -0.05) is 0 Å². The van der Waals surface area contributed by atoms with E-state index in [1.165, 1.54) is 6.66 Å². The van der Waals surface area contributed by atoms with Crippen LogP contribution in [0.3, 0.4) is 0 Å². The Labute approximate surface area is 85.1 Å². The van der Waals surface area contributed by atoms with Crippen LogP contribution < -0.4 is 0 Å². The van der Waals surface area contributed by atoms with E-state index in [0.29, 0.717) is 0 Å². The molecule has 14 heavy (non-hydrogen) atoms. The molecule has 5 heteroatoms. The van der Waals surface area contributed by atoms with E-state index < -0.39 is 18.8 Å². The molecule has 0 aromatic rings. The van der Waals surface area contributed by atoms with Crippen LogP contribution in [-0.4, -0.2) is 30.0 Å². The van der Waals surface area contributed by atoms with Gasteiger partial charge in [0.05, 0.1) is 11.5 Å². The minimum atomic E-state index is -2.80. The molecule has 1 unspecified atom stereocenters. The summed E-state index contributed by atoms with van der Waals surface area (Å²) in [5.74, 6) is -0.952. The average Bonchev–Trinajstić information content (AvgIpc) is 1.79. The van der Waals surface area contributed by atoms with Crippen molar-refractivity contribution in [2.24, 2.45) is 5.41 Å². The Morgan fingerprint density at radius 2 is 1.93 bits per heavy atom. The third-order valence-corrected chi connectivity index (χ3v) is 3.93. The minimum absolute atomic E-state index is 0.0630. The maximum Gasteiger partial charge on any atom is 0.309 e. The Morgan fingerprint density at radius 1 is 1.50 bits per heavy atom. The van der Waals surface area contributed by atoms with Gasteiger partial charge in [0.25, 0.3) is 0 Å². The minimum Gasteiger partial charge on any atom is -0.481 e. The molecule has 0 aliphatic rings. The lowest BCUT2D eigenvalue weighted by Crippen LogP contribution is -2.28. The lowest BCUT2D eigenvalue weighted by Gasteiger charge is -2.25. The van der Waals surface area contributed by atoms with Crippen molar-refractivity contribution in [3.05, 3.63) is 0 Å². The van der Waals surface area contributed by atoms with Crippen LogP contribution in [0.5, 0.6) is 0 Å². The summed E-state index contributed by atoms with van der Waals surface area (Å²) in [7, 11) is -2.80. The highest BCUT2D eigenvalue weighted by Crippen LogP contribution is 2.48. The van der Waals surface area contributed by atoms with Gasteiger partial charge in [0, 0.05) is 12.8 Å². The number of carboxylic acids is 1. The summed E-state index contributed by atoms with van der Waals surface area (Å²) in [4.78, 5) is 10.8. The Morgan fingerprint density at radius 3 is 2.21 bits per heavy atom. The summed E-state index contributed by atoms with van der Waals surface area (Å²) >= 11 is 0. The van der Waals surface area contributed by atoms with Crippen LogP contribution in [0.25, 0.3) is 0 Å². The van der Waals surface area contributed by atoms with Gasteiger partial charge in [-0.3, -0.25) is 9.36 Å². The van der Waals surface area contributed by atoms with E-state index in [4.69, 9.17) is 9.63 Å². The first kappa shape index (κ1) is 13.7. The summed E-state index contributed by atoms with van der Waals surface area (Å²) < 4.78 is 17.1. The molecule has 0 aromatic heterocycles. The van der Waals surface area contributed by atoms with Gasteiger partial charge < -0.3 is 9.63 Å². The van der Waals surface area contributed by atoms with Crippen molar-refractivity contribution in [3.8, 4) is 0 Å². The van der Waals surface area contributed by atoms with Gasteiger partial charge in [0.2, 0.25) is 7.37 Å². The van der Waals surface area contributed by atoms with Crippen molar-refractivity contribution >= 4 is 13.3 Å². The molecule has 0 aromatic carbocycles. The summed E-state index contributed by atoms with van der Waals surface area (Å²) in [6.07, 6.45) is -0.0801. The highest BCUT2D eigenvalue weighted by molar-refractivity contribution is 7.58. The van der Waals surface area contributed by atoms with E-state index in [9.17, 15) is 9.36 Å². The third kappa shape index (κ3) is 4.77. The Balaban J connectivity index is 4.51. The maximum absolute atomic E-state index is 11.9. The summed E-state index contributed by atoms with van der Waals surface area (Å²) in [6, 6.07) is 0. The second-order valence-corrected chi connectivity index (χ2v) is 7.07. The smallest absolute Gasteiger partial charge is 0.309 e. The summed E-state index contributed by atoms with van der Waals surface area (Å²) in [5.41, 5.74) is -1.00. The molecule has 0 aliphatic carbocycles. The van der Waals surface area contributed by atoms with E-state index in [0.717, 1.165) is 0 Å². The third-order valence-electron chi connectivity index (χ3n) is 1.70. The quantitative estimate of drug-likeness (QED) is 0.725. The van der Waals surface area contributed by atoms with Crippen LogP contribution in [-0.2, 0) is 13.9 Å². The molecular weight excluding hydrogens is 203 g/mol. The molecule has 1 atom stereocenters. The van der Waals surface area contributed by atoms with Gasteiger partial charge >= 0.3 is 5.97 Å². The molecule has 0 aliphatic heterocycles. The van der Waals surface area contributed by atoms with Crippen LogP contribution in [0.15, 0.2) is 0 Å². The molecule has 0 rings (SSSR count). The largest absolute Gasteiger partial charge is 0.481 e. The second-order valence-electron chi connectivity index (χ2n) is 4.52. The van der Waals surface area contributed by atoms with E-state index in [2.05, 4.69) is 0 Å². The number of aliphatic carboxylic acids is 1. The second kappa shape index (κ2) is 4.45. The molecule has 0 radical (unpaired) electrons. The Bertz CT molecular complexity index is 258. The zero-order valence-electron chi connectivity index (χ0n) is 9.40. The zero-order valence-corrected chi connectivity index (χ0v) is 10.3. The molecule has 1 N–H and O–H groups in total. The van der Waals surface area contributed by atoms with E-state index >= 15 is 0 Å². The fourth-order valence-corrected chi connectivity index (χ4v) is 3.81. The SMILES string of the molecule is CC(C)OP(C)(=O)CC(C)(C)C(=O)O. The van der Waals surface area contributed by atoms with E-state index in [1.54, 1.807) is 27.7 Å². The van der Waals surface area contributed by atoms with Crippen molar-refractivity contribution in [3.63, 3.8) is 0 Å². The van der Waals surface area contributed by atoms with Crippen molar-refractivity contribution in [1.82, 2.24) is 0 Å². The monoisotopic (exact) mass is 222 g/mol. The number of carboxylic acid groups (broad SMARTS) is 1. The molecule has 4 nitrogen and oxygen atoms in total. The normalized spacial score (nSPS) is 16.7. The van der Waals surface area contributed by atoms with Crippen LogP contribution in [0.4, 0.5) is 0 Å². The number of carbonyl (C=O) groups is 1. The molecule has 0 fully saturated rings. The molecule has 84 valence electrons. The molecule has 0 saturated heterocycles. The van der Waals surface area contributed by atoms with E-state index in [-0.39, 0.29) is 12.3 Å². The summed E-state index contributed by atoms with van der Waals surface area (Å²) in [5, 5.41) is 8.86. The van der Waals surface area contributed by atoms with Crippen LogP contribution in [0.2, 0.25) is 0 Å². The van der Waals surface area contributed by atoms with Crippen molar-refractivity contribution in [1.29, 1.82) is 0 Å². The zero-order chi connectivity index (χ0) is 11.6. The number of rotatable bonds is 5. The molecule has 0 amide bonds. The van der Waals surface area contributed by atoms with Gasteiger partial charge in [0.1, 0.15) is 0 Å². The first-order valence-corrected chi connectivity index (χ1v) is 6.81. The van der Waals surface area contributed by atoms with Crippen LogP contribution in [0.1, 0.15) is 27.7 Å². The highest BCUT2D eigenvalue weighted by Gasteiger charge is 2.35. The molecule has 0 spiro atoms. The predicted molar refractivity (Wildman–Crippen MR) is 56.0 cm³/mol. The summed E-state index contributed by atoms with van der Waals surface area (Å²) in [6.45, 7) is 8.15. The average molecular weight is 222 g/mol. The van der Waals surface area contributed by atoms with Crippen LogP contribution >= 0.6 is 7.37 Å². The molecule has 0 heterocycles. The highest BCUT2D eigenvalue weighted by atomic mass is 31.2. The fourth-order valence-electron chi connectivity index (χ4n) is 1.27. The molecule has 0 saturated carbocycles. The molecular formula is C9H19O4P. The van der Waals surface area contributed by atoms with E-state index in [1.807, 2.05) is 0 Å². The first-order chi connectivity index (χ1) is 6.07. The standard InChI is InChI=1S/C9H19O4P/c1-7(2)13-14(5,12)6-9(3,4)8(10)11/h7H,6H2,1-5H3,(H,10,11). The van der Waals surface area contributed by atoms with Gasteiger partial charge in [0.15, 0.2) is 0 Å². The maximum atomic E-state index is 11.9. The van der Waals surface area contributed by atoms with Gasteiger partial charge in [-0.25, -0.2) is 0 Å². The van der Waals surface area contributed by atoms with Crippen molar-refractivity contribution < 1.29 is 19.0 Å². The van der Waals surface area contributed by atoms with Crippen molar-refractivity contribution in [2.45, 2.75) is 33.8 Å². The number of hydrogen-bond donors (Lipinski definition) is 1. The van der Waals surface area contributed by atoms with Gasteiger partial charge in [-0.2, -0.15) is 0 Å². The predicted octanol–water partition coefficient (Wildman–Crippen LogP) is 2.43. The van der Waals surface area contributed by atoms with Gasteiger partial charge in [-0.15, -0.1) is 0 Å². The topological polar surface area (TPSA) is 63.6 Å². The van der Waals surface area contributed by atoms with Crippen molar-refractivity contribution in [2.75, 3.05) is 12.8 Å². The van der Waals surface area contributed by atoms with Gasteiger partial charge in [-0.05, 0) is 27.7 Å². The van der Waals surface area contributed by atoms with Crippen LogP contribution in [0, 0.1) is 5.41 Å². The fraction of sp³-hybridized carbons (Fsp3) is 0.889. The lowest BCUT2D eigenvalue weighted by molar-refractivity contribution is -0.145. The number of hydrogen-bond acceptors (Lipinski definition) is 3. The Kier molecular flexibility index (Phi) is 4.34. The molecule has 0 bridgehead atoms.